The average Bonchev–Trinajstić information content (AvgIpc) is 1.59. The summed E-state index contributed by atoms with van der Waals surface area (Å²) in [4.78, 5) is 21.9. The highest BCUT2D eigenvalue weighted by molar-refractivity contribution is 7.27. The molecule has 562 valence electrons. The van der Waals surface area contributed by atoms with Crippen molar-refractivity contribution in [2.45, 2.75) is 0 Å². The molecule has 0 atom stereocenters. The van der Waals surface area contributed by atoms with E-state index < -0.39 is 0 Å². The molecule has 0 spiro atoms. The van der Waals surface area contributed by atoms with Crippen molar-refractivity contribution in [2.24, 2.45) is 0 Å². The van der Waals surface area contributed by atoms with Crippen LogP contribution in [-0.2, 0) is 0 Å². The highest BCUT2D eigenvalue weighted by atomic mass is 32.1. The largest absolute Gasteiger partial charge is 0.455 e. The molecule has 0 amide bonds. The monoisotopic (exact) mass is 1560 g/mol. The lowest BCUT2D eigenvalue weighted by molar-refractivity contribution is 0.673. The number of thiophene rings is 1. The molecule has 0 saturated carbocycles. The Labute approximate surface area is 697 Å². The molecule has 0 fully saturated rings. The van der Waals surface area contributed by atoms with E-state index in [2.05, 4.69) is 420 Å². The first-order chi connectivity index (χ1) is 60.0. The van der Waals surface area contributed by atoms with Gasteiger partial charge in [-0.3, -0.25) is 9.13 Å². The Morgan fingerprint density at radius 2 is 0.628 bits per heavy atom. The second kappa shape index (κ2) is 27.3. The fraction of sp³-hybridized carbons (Fsp3) is 0. The van der Waals surface area contributed by atoms with E-state index in [4.69, 9.17) is 24.4 Å². The first-order valence-corrected chi connectivity index (χ1v) is 41.9. The van der Waals surface area contributed by atoms with Crippen molar-refractivity contribution in [1.82, 2.24) is 33.6 Å². The molecule has 0 aliphatic heterocycles. The van der Waals surface area contributed by atoms with Crippen molar-refractivity contribution in [3.63, 3.8) is 0 Å². The van der Waals surface area contributed by atoms with Crippen LogP contribution < -0.4 is 0 Å². The highest BCUT2D eigenvalue weighted by Crippen LogP contribution is 2.50. The van der Waals surface area contributed by atoms with Gasteiger partial charge in [-0.1, -0.05) is 309 Å². The lowest BCUT2D eigenvalue weighted by atomic mass is 9.95. The SMILES string of the molecule is c1ccc(-c2cc(-c3nc(-n4c5ccccc5c5cc(-c6ccc7c(c6)c6ccccc6n7-c6ccccc6)ccc54)nc4ccccc34)c3oc4c5ccccc5ccc4c3c2)cc1.c1ccc(-c2ccc3c(c2)c2c4ccccc4ccc2n3-c2nc(-c3ccc(-c4ccccc4)c4sc5c6ccccc6ccc5c34)c3ccccc3n2)cc1. The summed E-state index contributed by atoms with van der Waals surface area (Å²) < 4.78 is 16.4. The van der Waals surface area contributed by atoms with Crippen LogP contribution in [0.1, 0.15) is 0 Å². The number of hydrogen-bond donors (Lipinski definition) is 0. The molecule has 0 saturated heterocycles. The first-order valence-electron chi connectivity index (χ1n) is 41.1. The number of benzene rings is 19. The maximum Gasteiger partial charge on any atom is 0.235 e. The summed E-state index contributed by atoms with van der Waals surface area (Å²) in [6.45, 7) is 0. The number of furan rings is 1. The van der Waals surface area contributed by atoms with Crippen LogP contribution in [0.5, 0.6) is 0 Å². The van der Waals surface area contributed by atoms with Gasteiger partial charge in [0.2, 0.25) is 11.9 Å². The van der Waals surface area contributed by atoms with Crippen LogP contribution >= 0.6 is 11.3 Å². The molecular formula is C112H67N7OS. The fourth-order valence-electron chi connectivity index (χ4n) is 19.2. The second-order valence-corrected chi connectivity index (χ2v) is 32.4. The minimum Gasteiger partial charge on any atom is -0.455 e. The van der Waals surface area contributed by atoms with E-state index in [1.165, 1.54) is 96.5 Å². The van der Waals surface area contributed by atoms with Gasteiger partial charge in [-0.25, -0.2) is 19.9 Å². The summed E-state index contributed by atoms with van der Waals surface area (Å²) in [6, 6.07) is 146. The minimum atomic E-state index is 0.604. The maximum absolute atomic E-state index is 7.02. The van der Waals surface area contributed by atoms with Crippen LogP contribution in [-0.4, -0.2) is 33.6 Å². The molecule has 7 aromatic heterocycles. The van der Waals surface area contributed by atoms with Crippen LogP contribution in [0.15, 0.2) is 411 Å². The Morgan fingerprint density at radius 1 is 0.207 bits per heavy atom. The van der Waals surface area contributed by atoms with E-state index >= 15 is 0 Å². The van der Waals surface area contributed by atoms with Crippen LogP contribution in [0.25, 0.3) is 246 Å². The molecule has 0 aliphatic rings. The van der Waals surface area contributed by atoms with Gasteiger partial charge in [0.05, 0.1) is 55.5 Å². The zero-order chi connectivity index (χ0) is 79.3. The van der Waals surface area contributed by atoms with Gasteiger partial charge >= 0.3 is 0 Å². The Kier molecular flexibility index (Phi) is 15.4. The molecule has 26 rings (SSSR count). The molecule has 0 bridgehead atoms. The minimum absolute atomic E-state index is 0.604. The standard InChI is InChI=1S/C60H36N4O.C52H31N3S/c1-3-15-37(16-4-1)41-35-50-46-30-27-38-17-7-8-20-43(38)58(46)65-59(50)51(36-41)57-47-23-9-12-24-52(47)61-60(62-57)64-54-26-14-11-22-45(54)49-34-40(29-32-56(49)64)39-28-31-55-48(33-39)44-21-10-13-25-53(44)63(55)42-18-5-2-6-19-42;1-3-13-32(14-4-1)36-25-29-45-43(31-36)47-37-19-9-7-17-34(37)24-30-46(47)55(45)52-53-44-22-12-11-21-40(44)49(54-52)41-28-27-39(33-15-5-2-6-16-33)51-48(41)42-26-23-35-18-8-10-20-38(35)50(42)56-51/h1-36H;1-31H. The van der Waals surface area contributed by atoms with Crippen LogP contribution in [0.3, 0.4) is 0 Å². The van der Waals surface area contributed by atoms with Gasteiger partial charge in [-0.05, 0) is 169 Å². The molecule has 7 heterocycles. The zero-order valence-electron chi connectivity index (χ0n) is 65.1. The summed E-state index contributed by atoms with van der Waals surface area (Å²) in [5.41, 5.74) is 24.4. The molecule has 9 heteroatoms. The normalized spacial score (nSPS) is 12.0. The highest BCUT2D eigenvalue weighted by Gasteiger charge is 2.27. The summed E-state index contributed by atoms with van der Waals surface area (Å²) in [5, 5.41) is 20.9. The number of aromatic nitrogens is 7. The maximum atomic E-state index is 7.02. The molecule has 8 nitrogen and oxygen atoms in total. The van der Waals surface area contributed by atoms with Crippen molar-refractivity contribution in [1.29, 1.82) is 0 Å². The van der Waals surface area contributed by atoms with Gasteiger partial charge in [-0.15, -0.1) is 11.3 Å². The van der Waals surface area contributed by atoms with Crippen molar-refractivity contribution in [3.05, 3.63) is 406 Å². The van der Waals surface area contributed by atoms with Gasteiger partial charge < -0.3 is 8.98 Å². The van der Waals surface area contributed by atoms with Gasteiger partial charge in [0.15, 0.2) is 0 Å². The third kappa shape index (κ3) is 10.9. The lowest BCUT2D eigenvalue weighted by Gasteiger charge is -2.14. The molecular weight excluding hydrogens is 1490 g/mol. The molecule has 0 N–H and O–H groups in total. The van der Waals surface area contributed by atoms with Gasteiger partial charge in [0.1, 0.15) is 11.2 Å². The number of fused-ring (bicyclic) bond motifs is 23. The number of rotatable bonds is 9. The summed E-state index contributed by atoms with van der Waals surface area (Å²) in [5.74, 6) is 1.26. The lowest BCUT2D eigenvalue weighted by Crippen LogP contribution is -2.03. The molecule has 121 heavy (non-hydrogen) atoms. The van der Waals surface area contributed by atoms with E-state index in [1.807, 2.05) is 11.3 Å². The molecule has 0 radical (unpaired) electrons. The Morgan fingerprint density at radius 3 is 1.26 bits per heavy atom. The van der Waals surface area contributed by atoms with E-state index in [0.29, 0.717) is 11.9 Å². The number of nitrogens with zero attached hydrogens (tertiary/aromatic N) is 7. The van der Waals surface area contributed by atoms with Crippen molar-refractivity contribution in [3.8, 4) is 84.6 Å². The topological polar surface area (TPSA) is 79.5 Å². The van der Waals surface area contributed by atoms with Crippen molar-refractivity contribution in [2.75, 3.05) is 0 Å². The van der Waals surface area contributed by atoms with Gasteiger partial charge in [0, 0.05) is 96.2 Å². The summed E-state index contributed by atoms with van der Waals surface area (Å²) >= 11 is 1.88. The van der Waals surface area contributed by atoms with Crippen LogP contribution in [0.4, 0.5) is 0 Å². The van der Waals surface area contributed by atoms with Crippen molar-refractivity contribution >= 4 is 173 Å². The predicted octanol–water partition coefficient (Wildman–Crippen LogP) is 30.3. The van der Waals surface area contributed by atoms with Crippen LogP contribution in [0.2, 0.25) is 0 Å². The third-order valence-corrected chi connectivity index (χ3v) is 26.0. The first kappa shape index (κ1) is 68.3. The van der Waals surface area contributed by atoms with Crippen molar-refractivity contribution < 1.29 is 4.42 Å². The Balaban J connectivity index is 0.000000135. The summed E-state index contributed by atoms with van der Waals surface area (Å²) in [7, 11) is 0. The van der Waals surface area contributed by atoms with Crippen LogP contribution in [0, 0.1) is 0 Å². The average molecular weight is 1560 g/mol. The molecule has 0 aliphatic carbocycles. The Bertz CT molecular complexity index is 8780. The van der Waals surface area contributed by atoms with Gasteiger partial charge in [-0.2, -0.15) is 0 Å². The molecule has 19 aromatic carbocycles. The van der Waals surface area contributed by atoms with E-state index in [-0.39, 0.29) is 0 Å². The zero-order valence-corrected chi connectivity index (χ0v) is 65.9. The van der Waals surface area contributed by atoms with Gasteiger partial charge in [0.25, 0.3) is 0 Å². The smallest absolute Gasteiger partial charge is 0.235 e. The fourth-order valence-corrected chi connectivity index (χ4v) is 20.6. The molecule has 26 aromatic rings. The van der Waals surface area contributed by atoms with E-state index in [9.17, 15) is 0 Å². The predicted molar refractivity (Wildman–Crippen MR) is 507 cm³/mol. The summed E-state index contributed by atoms with van der Waals surface area (Å²) in [6.07, 6.45) is 0. The third-order valence-electron chi connectivity index (χ3n) is 24.7. The van der Waals surface area contributed by atoms with E-state index in [1.54, 1.807) is 0 Å². The number of para-hydroxylation sites is 5. The number of hydrogen-bond acceptors (Lipinski definition) is 6. The van der Waals surface area contributed by atoms with E-state index in [0.717, 1.165) is 138 Å². The second-order valence-electron chi connectivity index (χ2n) is 31.4. The molecule has 0 unspecified atom stereocenters. The quantitative estimate of drug-likeness (QED) is 0.144. The Hall–Kier alpha value is -15.9.